The Balaban J connectivity index is 2.21. The summed E-state index contributed by atoms with van der Waals surface area (Å²) in [6, 6.07) is 8.37. The van der Waals surface area contributed by atoms with Gasteiger partial charge >= 0.3 is 8.80 Å². The fourth-order valence-electron chi connectivity index (χ4n) is 2.03. The quantitative estimate of drug-likeness (QED) is 0.715. The molecule has 2 rings (SSSR count). The topological polar surface area (TPSA) is 49.7 Å². The first-order chi connectivity index (χ1) is 7.08. The molecular weight excluding hydrogens is 208 g/mol. The van der Waals surface area contributed by atoms with Crippen molar-refractivity contribution in [2.75, 3.05) is 0 Å². The van der Waals surface area contributed by atoms with E-state index in [1.54, 1.807) is 0 Å². The first kappa shape index (κ1) is 10.8. The predicted octanol–water partition coefficient (Wildman–Crippen LogP) is 1.77. The van der Waals surface area contributed by atoms with E-state index in [0.29, 0.717) is 6.04 Å². The van der Waals surface area contributed by atoms with E-state index in [2.05, 4.69) is 0 Å². The molecule has 0 spiro atoms. The van der Waals surface area contributed by atoms with E-state index >= 15 is 0 Å². The van der Waals surface area contributed by atoms with Gasteiger partial charge in [0.2, 0.25) is 0 Å². The van der Waals surface area contributed by atoms with E-state index in [1.807, 2.05) is 31.2 Å². The summed E-state index contributed by atoms with van der Waals surface area (Å²) in [6.45, 7) is 2.02. The molecule has 1 heterocycles. The molecule has 1 aliphatic rings. The van der Waals surface area contributed by atoms with E-state index in [9.17, 15) is 9.59 Å². The second kappa shape index (κ2) is 4.06. The summed E-state index contributed by atoms with van der Waals surface area (Å²) < 4.78 is 5.39. The molecule has 1 aliphatic heterocycles. The minimum absolute atomic E-state index is 0.137. The van der Waals surface area contributed by atoms with E-state index in [4.69, 9.17) is 4.43 Å². The van der Waals surface area contributed by atoms with E-state index in [-0.39, 0.29) is 6.10 Å². The van der Waals surface area contributed by atoms with Crippen LogP contribution in [0, 0.1) is 6.92 Å². The van der Waals surface area contributed by atoms with Crippen molar-refractivity contribution >= 4 is 8.80 Å². The van der Waals surface area contributed by atoms with E-state index in [0.717, 1.165) is 24.0 Å². The highest BCUT2D eigenvalue weighted by Gasteiger charge is 2.39. The molecule has 0 aromatic heterocycles. The van der Waals surface area contributed by atoms with Gasteiger partial charge in [0.15, 0.2) is 0 Å². The summed E-state index contributed by atoms with van der Waals surface area (Å²) >= 11 is 0. The standard InChI is InChI=1S/C11H16O3Si/c1-9-5-2-3-6-10(9)11-7-4-8-15(12,13)14-11/h2-3,5-6,11-13H,4,7-8H2,1H3. The van der Waals surface area contributed by atoms with Gasteiger partial charge in [-0.3, -0.25) is 0 Å². The molecule has 4 heteroatoms. The highest BCUT2D eigenvalue weighted by molar-refractivity contribution is 6.57. The van der Waals surface area contributed by atoms with E-state index < -0.39 is 8.80 Å². The van der Waals surface area contributed by atoms with Crippen LogP contribution in [0.4, 0.5) is 0 Å². The molecule has 1 fully saturated rings. The molecule has 1 unspecified atom stereocenters. The first-order valence-electron chi connectivity index (χ1n) is 5.26. The average Bonchev–Trinajstić information content (AvgIpc) is 2.17. The summed E-state index contributed by atoms with van der Waals surface area (Å²) in [7, 11) is -3.36. The van der Waals surface area contributed by atoms with Gasteiger partial charge in [0, 0.05) is 6.04 Å². The fourth-order valence-corrected chi connectivity index (χ4v) is 3.51. The van der Waals surface area contributed by atoms with Gasteiger partial charge in [-0.25, -0.2) is 0 Å². The highest BCUT2D eigenvalue weighted by Crippen LogP contribution is 2.34. The van der Waals surface area contributed by atoms with Crippen LogP contribution in [0.2, 0.25) is 6.04 Å². The van der Waals surface area contributed by atoms with Crippen LogP contribution in [0.1, 0.15) is 30.1 Å². The van der Waals surface area contributed by atoms with Gasteiger partial charge in [-0.05, 0) is 30.9 Å². The van der Waals surface area contributed by atoms with Gasteiger partial charge in [-0.2, -0.15) is 0 Å². The fraction of sp³-hybridized carbons (Fsp3) is 0.455. The summed E-state index contributed by atoms with van der Waals surface area (Å²) in [5.74, 6) is 0. The maximum absolute atomic E-state index is 9.57. The van der Waals surface area contributed by atoms with Crippen molar-refractivity contribution in [1.82, 2.24) is 0 Å². The van der Waals surface area contributed by atoms with Crippen molar-refractivity contribution in [3.05, 3.63) is 35.4 Å². The number of hydrogen-bond donors (Lipinski definition) is 2. The third-order valence-electron chi connectivity index (χ3n) is 2.84. The van der Waals surface area contributed by atoms with Crippen molar-refractivity contribution in [1.29, 1.82) is 0 Å². The smallest absolute Gasteiger partial charge is 0.390 e. The normalized spacial score (nSPS) is 25.1. The molecule has 82 valence electrons. The molecule has 0 amide bonds. The molecule has 0 aliphatic carbocycles. The van der Waals surface area contributed by atoms with Crippen LogP contribution >= 0.6 is 0 Å². The minimum atomic E-state index is -3.36. The Morgan fingerprint density at radius 2 is 2.07 bits per heavy atom. The van der Waals surface area contributed by atoms with Gasteiger partial charge in [0.1, 0.15) is 0 Å². The minimum Gasteiger partial charge on any atom is -0.390 e. The highest BCUT2D eigenvalue weighted by atomic mass is 28.4. The van der Waals surface area contributed by atoms with Crippen molar-refractivity contribution in [3.63, 3.8) is 0 Å². The maximum Gasteiger partial charge on any atom is 0.495 e. The Labute approximate surface area is 90.7 Å². The third-order valence-corrected chi connectivity index (χ3v) is 4.50. The van der Waals surface area contributed by atoms with Crippen LogP contribution in [0.5, 0.6) is 0 Å². The zero-order valence-corrected chi connectivity index (χ0v) is 9.81. The number of benzene rings is 1. The van der Waals surface area contributed by atoms with Crippen molar-refractivity contribution in [2.45, 2.75) is 31.9 Å². The lowest BCUT2D eigenvalue weighted by molar-refractivity contribution is 0.0619. The Morgan fingerprint density at radius 1 is 1.33 bits per heavy atom. The van der Waals surface area contributed by atoms with Crippen molar-refractivity contribution in [3.8, 4) is 0 Å². The van der Waals surface area contributed by atoms with Crippen LogP contribution in [0.3, 0.4) is 0 Å². The first-order valence-corrected chi connectivity index (χ1v) is 7.27. The maximum atomic E-state index is 9.57. The van der Waals surface area contributed by atoms with Gasteiger partial charge in [0.05, 0.1) is 6.10 Å². The Morgan fingerprint density at radius 3 is 2.73 bits per heavy atom. The van der Waals surface area contributed by atoms with Crippen molar-refractivity contribution < 1.29 is 14.0 Å². The zero-order chi connectivity index (χ0) is 10.9. The molecule has 0 saturated carbocycles. The monoisotopic (exact) mass is 224 g/mol. The average molecular weight is 224 g/mol. The van der Waals surface area contributed by atoms with Crippen LogP contribution in [0.25, 0.3) is 0 Å². The summed E-state index contributed by atoms with van der Waals surface area (Å²) in [5.41, 5.74) is 2.23. The van der Waals surface area contributed by atoms with Crippen LogP contribution in [-0.4, -0.2) is 18.4 Å². The predicted molar refractivity (Wildman–Crippen MR) is 59.2 cm³/mol. The van der Waals surface area contributed by atoms with Crippen molar-refractivity contribution in [2.24, 2.45) is 0 Å². The summed E-state index contributed by atoms with van der Waals surface area (Å²) in [6.07, 6.45) is 1.57. The molecule has 1 aromatic carbocycles. The van der Waals surface area contributed by atoms with Crippen LogP contribution in [0.15, 0.2) is 24.3 Å². The lowest BCUT2D eigenvalue weighted by Crippen LogP contribution is -2.42. The Bertz CT molecular complexity index is 351. The summed E-state index contributed by atoms with van der Waals surface area (Å²) in [5, 5.41) is 0. The molecule has 1 saturated heterocycles. The molecule has 15 heavy (non-hydrogen) atoms. The number of rotatable bonds is 1. The molecule has 0 radical (unpaired) electrons. The number of hydrogen-bond acceptors (Lipinski definition) is 3. The van der Waals surface area contributed by atoms with Crippen LogP contribution in [-0.2, 0) is 4.43 Å². The third kappa shape index (κ3) is 2.46. The Kier molecular flexibility index (Phi) is 2.93. The molecule has 1 atom stereocenters. The largest absolute Gasteiger partial charge is 0.495 e. The van der Waals surface area contributed by atoms with Gasteiger partial charge in [0.25, 0.3) is 0 Å². The molecule has 3 nitrogen and oxygen atoms in total. The molecule has 0 bridgehead atoms. The SMILES string of the molecule is Cc1ccccc1C1CCC[Si](O)(O)O1. The Hall–Kier alpha value is -0.683. The molecule has 1 aromatic rings. The molecule has 2 N–H and O–H groups in total. The lowest BCUT2D eigenvalue weighted by atomic mass is 10.0. The zero-order valence-electron chi connectivity index (χ0n) is 8.81. The second-order valence-corrected chi connectivity index (χ2v) is 6.32. The summed E-state index contributed by atoms with van der Waals surface area (Å²) in [4.78, 5) is 19.1. The second-order valence-electron chi connectivity index (χ2n) is 4.10. The number of aryl methyl sites for hydroxylation is 1. The van der Waals surface area contributed by atoms with E-state index in [1.165, 1.54) is 0 Å². The van der Waals surface area contributed by atoms with Gasteiger partial charge < -0.3 is 14.0 Å². The lowest BCUT2D eigenvalue weighted by Gasteiger charge is -2.31. The van der Waals surface area contributed by atoms with Gasteiger partial charge in [-0.15, -0.1) is 0 Å². The van der Waals surface area contributed by atoms with Crippen LogP contribution < -0.4 is 0 Å². The molecular formula is C11H16O3Si. The van der Waals surface area contributed by atoms with Gasteiger partial charge in [-0.1, -0.05) is 24.3 Å².